The van der Waals surface area contributed by atoms with Crippen LogP contribution in [0.25, 0.3) is 0 Å². The van der Waals surface area contributed by atoms with Crippen LogP contribution in [-0.2, 0) is 0 Å². The van der Waals surface area contributed by atoms with E-state index < -0.39 is 0 Å². The first kappa shape index (κ1) is 22.9. The molecular formula is C21H38N2S. The summed E-state index contributed by atoms with van der Waals surface area (Å²) in [5.74, 6) is 0.837. The Bertz CT molecular complexity index is 428. The molecule has 0 saturated heterocycles. The predicted molar refractivity (Wildman–Crippen MR) is 113 cm³/mol. The number of hydrogen-bond acceptors (Lipinski definition) is 3. The lowest BCUT2D eigenvalue weighted by Gasteiger charge is -2.33. The molecule has 0 spiro atoms. The molecule has 138 valence electrons. The molecule has 0 bridgehead atoms. The van der Waals surface area contributed by atoms with Crippen LogP contribution in [0.2, 0.25) is 0 Å². The van der Waals surface area contributed by atoms with Crippen LogP contribution >= 0.6 is 11.8 Å². The second-order valence-corrected chi connectivity index (χ2v) is 7.95. The summed E-state index contributed by atoms with van der Waals surface area (Å²) >= 11 is 1.75. The van der Waals surface area contributed by atoms with Crippen molar-refractivity contribution in [2.45, 2.75) is 57.9 Å². The van der Waals surface area contributed by atoms with Gasteiger partial charge in [0, 0.05) is 36.4 Å². The van der Waals surface area contributed by atoms with E-state index in [-0.39, 0.29) is 5.25 Å². The van der Waals surface area contributed by atoms with Gasteiger partial charge < -0.3 is 10.2 Å². The average Bonchev–Trinajstić information content (AvgIpc) is 2.53. The highest BCUT2D eigenvalue weighted by Gasteiger charge is 2.21. The Morgan fingerprint density at radius 1 is 1.08 bits per heavy atom. The van der Waals surface area contributed by atoms with E-state index >= 15 is 0 Å². The van der Waals surface area contributed by atoms with E-state index in [2.05, 4.69) is 77.5 Å². The molecule has 0 aromatic heterocycles. The molecule has 2 unspecified atom stereocenters. The van der Waals surface area contributed by atoms with E-state index in [9.17, 15) is 0 Å². The highest BCUT2D eigenvalue weighted by Crippen LogP contribution is 2.28. The molecule has 0 amide bonds. The molecule has 0 aromatic carbocycles. The van der Waals surface area contributed by atoms with Crippen molar-refractivity contribution < 1.29 is 0 Å². The van der Waals surface area contributed by atoms with Gasteiger partial charge in [-0.05, 0) is 45.8 Å². The second kappa shape index (κ2) is 11.5. The quantitative estimate of drug-likeness (QED) is 0.443. The lowest BCUT2D eigenvalue weighted by Crippen LogP contribution is -2.32. The normalized spacial score (nSPS) is 16.0. The molecule has 0 aliphatic heterocycles. The van der Waals surface area contributed by atoms with Crippen molar-refractivity contribution in [3.63, 3.8) is 0 Å². The first-order valence-electron chi connectivity index (χ1n) is 8.84. The van der Waals surface area contributed by atoms with Gasteiger partial charge in [0.05, 0.1) is 5.25 Å². The van der Waals surface area contributed by atoms with Crippen molar-refractivity contribution in [1.29, 1.82) is 0 Å². The summed E-state index contributed by atoms with van der Waals surface area (Å²) in [6.45, 7) is 25.2. The van der Waals surface area contributed by atoms with Crippen molar-refractivity contribution in [2.75, 3.05) is 13.3 Å². The Kier molecular flexibility index (Phi) is 10.9. The highest BCUT2D eigenvalue weighted by molar-refractivity contribution is 7.99. The number of hydrogen-bond donors (Lipinski definition) is 1. The minimum atomic E-state index is 0.269. The molecule has 0 rings (SSSR count). The zero-order valence-corrected chi connectivity index (χ0v) is 17.5. The third kappa shape index (κ3) is 7.21. The van der Waals surface area contributed by atoms with Crippen molar-refractivity contribution >= 4 is 11.8 Å². The molecule has 0 radical (unpaired) electrons. The Balaban J connectivity index is 4.56. The minimum absolute atomic E-state index is 0.269. The van der Waals surface area contributed by atoms with E-state index in [1.807, 2.05) is 12.2 Å². The van der Waals surface area contributed by atoms with Crippen LogP contribution in [0.5, 0.6) is 0 Å². The van der Waals surface area contributed by atoms with Gasteiger partial charge in [0.25, 0.3) is 0 Å². The standard InChI is InChI=1S/C21H38N2S/c1-11-20(19(8)23(9)15(3)4)16(5)13-14-17(6)22-18(7)21(12-2)24-10/h11-12,15-17,20-22H,1-2,7-8,13-14H2,3-6,9-10H3/t16?,17?,20-,21+/m0/s1. The molecule has 0 heterocycles. The molecule has 0 fully saturated rings. The number of rotatable bonds is 13. The van der Waals surface area contributed by atoms with Crippen molar-refractivity contribution in [3.05, 3.63) is 49.9 Å². The van der Waals surface area contributed by atoms with Crippen LogP contribution in [0.15, 0.2) is 49.9 Å². The summed E-state index contributed by atoms with van der Waals surface area (Å²) < 4.78 is 0. The lowest BCUT2D eigenvalue weighted by atomic mass is 9.86. The first-order valence-corrected chi connectivity index (χ1v) is 10.1. The molecule has 1 N–H and O–H groups in total. The van der Waals surface area contributed by atoms with Gasteiger partial charge in [0.15, 0.2) is 0 Å². The first-order chi connectivity index (χ1) is 11.2. The smallest absolute Gasteiger partial charge is 0.0613 e. The molecule has 2 nitrogen and oxygen atoms in total. The summed E-state index contributed by atoms with van der Waals surface area (Å²) in [6.07, 6.45) is 8.29. The number of nitrogens with zero attached hydrogens (tertiary/aromatic N) is 1. The van der Waals surface area contributed by atoms with Crippen LogP contribution in [0.4, 0.5) is 0 Å². The van der Waals surface area contributed by atoms with E-state index in [4.69, 9.17) is 0 Å². The summed E-state index contributed by atoms with van der Waals surface area (Å²) in [5, 5.41) is 3.79. The van der Waals surface area contributed by atoms with Crippen molar-refractivity contribution in [2.24, 2.45) is 11.8 Å². The Morgan fingerprint density at radius 3 is 2.08 bits per heavy atom. The summed E-state index contributed by atoms with van der Waals surface area (Å²) in [6, 6.07) is 0.856. The second-order valence-electron chi connectivity index (χ2n) is 6.97. The van der Waals surface area contributed by atoms with Gasteiger partial charge in [0.1, 0.15) is 0 Å². The molecule has 0 aromatic rings. The predicted octanol–water partition coefficient (Wildman–Crippen LogP) is 5.47. The summed E-state index contributed by atoms with van der Waals surface area (Å²) in [4.78, 5) is 2.25. The minimum Gasteiger partial charge on any atom is -0.385 e. The molecular weight excluding hydrogens is 312 g/mol. The summed E-state index contributed by atoms with van der Waals surface area (Å²) in [7, 11) is 2.11. The fraction of sp³-hybridized carbons (Fsp3) is 0.619. The van der Waals surface area contributed by atoms with Gasteiger partial charge in [-0.1, -0.05) is 32.2 Å². The van der Waals surface area contributed by atoms with Crippen LogP contribution in [-0.4, -0.2) is 35.5 Å². The van der Waals surface area contributed by atoms with Crippen LogP contribution in [0.1, 0.15) is 40.5 Å². The maximum atomic E-state index is 4.30. The van der Waals surface area contributed by atoms with Gasteiger partial charge in [-0.25, -0.2) is 0 Å². The van der Waals surface area contributed by atoms with E-state index in [0.717, 1.165) is 24.2 Å². The average molecular weight is 351 g/mol. The van der Waals surface area contributed by atoms with E-state index in [0.29, 0.717) is 23.9 Å². The monoisotopic (exact) mass is 350 g/mol. The van der Waals surface area contributed by atoms with Crippen LogP contribution in [0, 0.1) is 11.8 Å². The fourth-order valence-corrected chi connectivity index (χ4v) is 3.35. The third-order valence-corrected chi connectivity index (χ3v) is 5.76. The molecule has 0 aliphatic carbocycles. The SMILES string of the molecule is C=C[C@H](C(=C)N(C)C(C)C)C(C)CCC(C)NC(=C)[C@@H](C=C)SC. The Hall–Kier alpha value is -1.09. The topological polar surface area (TPSA) is 15.3 Å². The van der Waals surface area contributed by atoms with Crippen molar-refractivity contribution in [3.8, 4) is 0 Å². The molecule has 3 heteroatoms. The van der Waals surface area contributed by atoms with Gasteiger partial charge in [-0.2, -0.15) is 11.8 Å². The molecule has 0 aliphatic rings. The van der Waals surface area contributed by atoms with Gasteiger partial charge in [0.2, 0.25) is 0 Å². The molecule has 24 heavy (non-hydrogen) atoms. The van der Waals surface area contributed by atoms with Gasteiger partial charge >= 0.3 is 0 Å². The highest BCUT2D eigenvalue weighted by atomic mass is 32.2. The van der Waals surface area contributed by atoms with Crippen LogP contribution < -0.4 is 5.32 Å². The van der Waals surface area contributed by atoms with E-state index in [1.54, 1.807) is 11.8 Å². The number of nitrogens with one attached hydrogen (secondary N) is 1. The number of allylic oxidation sites excluding steroid dienone is 1. The maximum Gasteiger partial charge on any atom is 0.0613 e. The molecule has 4 atom stereocenters. The van der Waals surface area contributed by atoms with Crippen molar-refractivity contribution in [1.82, 2.24) is 10.2 Å². The Morgan fingerprint density at radius 2 is 1.67 bits per heavy atom. The Labute approximate surface area is 155 Å². The largest absolute Gasteiger partial charge is 0.385 e. The third-order valence-electron chi connectivity index (χ3n) is 4.78. The zero-order valence-electron chi connectivity index (χ0n) is 16.6. The lowest BCUT2D eigenvalue weighted by molar-refractivity contribution is 0.280. The summed E-state index contributed by atoms with van der Waals surface area (Å²) in [5.41, 5.74) is 2.20. The van der Waals surface area contributed by atoms with E-state index in [1.165, 1.54) is 0 Å². The maximum absolute atomic E-state index is 4.30. The van der Waals surface area contributed by atoms with Crippen LogP contribution in [0.3, 0.4) is 0 Å². The van der Waals surface area contributed by atoms with Gasteiger partial charge in [-0.15, -0.1) is 13.2 Å². The fourth-order valence-electron chi connectivity index (χ4n) is 2.81. The zero-order chi connectivity index (χ0) is 18.9. The molecule has 0 saturated carbocycles. The van der Waals surface area contributed by atoms with Gasteiger partial charge in [-0.3, -0.25) is 0 Å². The number of thioether (sulfide) groups is 1.